The first-order valence-corrected chi connectivity index (χ1v) is 7.93. The average molecular weight is 281 g/mol. The van der Waals surface area contributed by atoms with Gasteiger partial charge in [-0.25, -0.2) is 0 Å². The average Bonchev–Trinajstić information content (AvgIpc) is 2.35. The van der Waals surface area contributed by atoms with Crippen LogP contribution in [0.5, 0.6) is 0 Å². The Labute approximate surface area is 118 Å². The summed E-state index contributed by atoms with van der Waals surface area (Å²) in [4.78, 5) is 1.19. The molecule has 0 aromatic heterocycles. The molecule has 18 heavy (non-hydrogen) atoms. The fourth-order valence-corrected chi connectivity index (χ4v) is 3.80. The first-order valence-electron chi connectivity index (χ1n) is 5.93. The Kier molecular flexibility index (Phi) is 3.99. The topological polar surface area (TPSA) is 23.5 Å². The van der Waals surface area contributed by atoms with Gasteiger partial charge >= 0.3 is 0 Å². The van der Waals surface area contributed by atoms with Crippen molar-refractivity contribution >= 4 is 29.4 Å². The molecule has 4 heteroatoms. The van der Waals surface area contributed by atoms with E-state index in [1.54, 1.807) is 23.7 Å². The lowest BCUT2D eigenvalue weighted by atomic mass is 9.96. The van der Waals surface area contributed by atoms with E-state index in [0.717, 1.165) is 17.8 Å². The molecule has 0 aliphatic carbocycles. The molecule has 98 valence electrons. The zero-order chi connectivity index (χ0) is 13.3. The maximum absolute atomic E-state index is 10.5. The number of hydrogen-bond acceptors (Lipinski definition) is 4. The van der Waals surface area contributed by atoms with E-state index >= 15 is 0 Å². The molecule has 1 aromatic rings. The smallest absolute Gasteiger partial charge is 0.0969 e. The van der Waals surface area contributed by atoms with Crippen LogP contribution >= 0.6 is 23.7 Å². The predicted octanol–water partition coefficient (Wildman–Crippen LogP) is 3.87. The summed E-state index contributed by atoms with van der Waals surface area (Å²) < 4.78 is 1.99. The summed E-state index contributed by atoms with van der Waals surface area (Å²) in [5.74, 6) is 0. The quantitative estimate of drug-likeness (QED) is 0.516. The molecule has 2 rings (SSSR count). The zero-order valence-corrected chi connectivity index (χ0v) is 12.6. The van der Waals surface area contributed by atoms with Crippen molar-refractivity contribution in [2.75, 3.05) is 17.1 Å². The number of rotatable bonds is 3. The SMILES string of the molecule is C=CCN1SC(C)(C)C(O)c2cc(SC)ccc21. The summed E-state index contributed by atoms with van der Waals surface area (Å²) in [6.07, 6.45) is 3.51. The van der Waals surface area contributed by atoms with Crippen molar-refractivity contribution in [1.29, 1.82) is 0 Å². The van der Waals surface area contributed by atoms with Gasteiger partial charge in [-0.2, -0.15) is 0 Å². The molecule has 2 nitrogen and oxygen atoms in total. The van der Waals surface area contributed by atoms with Crippen molar-refractivity contribution in [3.05, 3.63) is 36.4 Å². The van der Waals surface area contributed by atoms with E-state index in [0.29, 0.717) is 0 Å². The number of aliphatic hydroxyl groups excluding tert-OH is 1. The summed E-state index contributed by atoms with van der Waals surface area (Å²) in [5.41, 5.74) is 2.12. The Balaban J connectivity index is 2.50. The van der Waals surface area contributed by atoms with E-state index in [-0.39, 0.29) is 4.75 Å². The Hall–Kier alpha value is -0.580. The van der Waals surface area contributed by atoms with Gasteiger partial charge in [0.2, 0.25) is 0 Å². The minimum absolute atomic E-state index is 0.215. The Morgan fingerprint density at radius 1 is 1.56 bits per heavy atom. The molecule has 0 saturated heterocycles. The molecule has 1 N–H and O–H groups in total. The van der Waals surface area contributed by atoms with Crippen LogP contribution in [0.1, 0.15) is 25.5 Å². The fourth-order valence-electron chi connectivity index (χ4n) is 2.12. The van der Waals surface area contributed by atoms with E-state index < -0.39 is 6.10 Å². The maximum atomic E-state index is 10.5. The van der Waals surface area contributed by atoms with Crippen molar-refractivity contribution in [3.8, 4) is 0 Å². The van der Waals surface area contributed by atoms with Gasteiger partial charge in [-0.3, -0.25) is 0 Å². The second-order valence-electron chi connectivity index (χ2n) is 4.87. The predicted molar refractivity (Wildman–Crippen MR) is 82.4 cm³/mol. The third-order valence-corrected chi connectivity index (χ3v) is 5.08. The fraction of sp³-hybridized carbons (Fsp3) is 0.429. The summed E-state index contributed by atoms with van der Waals surface area (Å²) in [5, 5.41) is 10.5. The van der Waals surface area contributed by atoms with Crippen LogP contribution in [-0.4, -0.2) is 22.7 Å². The van der Waals surface area contributed by atoms with Crippen LogP contribution in [0.4, 0.5) is 5.69 Å². The molecule has 1 aromatic carbocycles. The third kappa shape index (κ3) is 2.42. The van der Waals surface area contributed by atoms with Crippen molar-refractivity contribution in [2.45, 2.75) is 29.6 Å². The molecule has 1 atom stereocenters. The molecule has 1 aliphatic heterocycles. The molecule has 1 heterocycles. The van der Waals surface area contributed by atoms with Crippen LogP contribution in [0.2, 0.25) is 0 Å². The maximum Gasteiger partial charge on any atom is 0.0969 e. The van der Waals surface area contributed by atoms with Gasteiger partial charge in [-0.15, -0.1) is 18.3 Å². The van der Waals surface area contributed by atoms with E-state index in [1.165, 1.54) is 4.90 Å². The van der Waals surface area contributed by atoms with E-state index in [1.807, 2.05) is 6.08 Å². The van der Waals surface area contributed by atoms with Gasteiger partial charge in [0, 0.05) is 17.0 Å². The Bertz CT molecular complexity index is 459. The summed E-state index contributed by atoms with van der Waals surface area (Å²) in [6, 6.07) is 6.30. The van der Waals surface area contributed by atoms with Crippen LogP contribution in [0, 0.1) is 0 Å². The lowest BCUT2D eigenvalue weighted by molar-refractivity contribution is 0.142. The lowest BCUT2D eigenvalue weighted by Gasteiger charge is -2.42. The van der Waals surface area contributed by atoms with Crippen molar-refractivity contribution in [3.63, 3.8) is 0 Å². The molecular formula is C14H19NOS2. The van der Waals surface area contributed by atoms with Gasteiger partial charge in [0.05, 0.1) is 16.5 Å². The highest BCUT2D eigenvalue weighted by molar-refractivity contribution is 8.02. The van der Waals surface area contributed by atoms with Gasteiger partial charge in [-0.05, 0) is 50.3 Å². The van der Waals surface area contributed by atoms with Gasteiger partial charge in [0.15, 0.2) is 0 Å². The first-order chi connectivity index (χ1) is 8.49. The number of nitrogens with zero attached hydrogens (tertiary/aromatic N) is 1. The normalized spacial score (nSPS) is 21.6. The molecule has 0 spiro atoms. The highest BCUT2D eigenvalue weighted by Crippen LogP contribution is 2.49. The largest absolute Gasteiger partial charge is 0.387 e. The van der Waals surface area contributed by atoms with Gasteiger partial charge < -0.3 is 9.41 Å². The monoisotopic (exact) mass is 281 g/mol. The zero-order valence-electron chi connectivity index (χ0n) is 11.0. The molecule has 1 unspecified atom stereocenters. The van der Waals surface area contributed by atoms with Gasteiger partial charge in [0.1, 0.15) is 0 Å². The molecule has 0 amide bonds. The number of hydrogen-bond donors (Lipinski definition) is 1. The molecule has 0 radical (unpaired) electrons. The minimum Gasteiger partial charge on any atom is -0.387 e. The standard InChI is InChI=1S/C14H19NOS2/c1-5-8-15-12-7-6-10(17-4)9-11(12)13(16)14(2,3)18-15/h5-7,9,13,16H,1,8H2,2-4H3. The van der Waals surface area contributed by atoms with Gasteiger partial charge in [-0.1, -0.05) is 6.08 Å². The first kappa shape index (κ1) is 13.8. The number of benzene rings is 1. The summed E-state index contributed by atoms with van der Waals surface area (Å²) in [6.45, 7) is 8.74. The second kappa shape index (κ2) is 5.19. The van der Waals surface area contributed by atoms with E-state index in [4.69, 9.17) is 0 Å². The molecule has 0 bridgehead atoms. The van der Waals surface area contributed by atoms with Crippen molar-refractivity contribution in [2.24, 2.45) is 0 Å². The molecule has 1 aliphatic rings. The summed E-state index contributed by atoms with van der Waals surface area (Å²) >= 11 is 3.38. The number of fused-ring (bicyclic) bond motifs is 1. The number of anilines is 1. The Morgan fingerprint density at radius 3 is 2.89 bits per heavy atom. The Morgan fingerprint density at radius 2 is 2.28 bits per heavy atom. The van der Waals surface area contributed by atoms with Crippen LogP contribution in [0.15, 0.2) is 35.7 Å². The lowest BCUT2D eigenvalue weighted by Crippen LogP contribution is -2.37. The molecule has 0 fully saturated rings. The van der Waals surface area contributed by atoms with Crippen LogP contribution in [0.3, 0.4) is 0 Å². The number of aliphatic hydroxyl groups is 1. The third-order valence-electron chi connectivity index (χ3n) is 3.10. The van der Waals surface area contributed by atoms with Crippen LogP contribution in [-0.2, 0) is 0 Å². The minimum atomic E-state index is -0.439. The second-order valence-corrected chi connectivity index (χ2v) is 7.43. The van der Waals surface area contributed by atoms with Crippen molar-refractivity contribution < 1.29 is 5.11 Å². The van der Waals surface area contributed by atoms with Gasteiger partial charge in [0.25, 0.3) is 0 Å². The van der Waals surface area contributed by atoms with Crippen molar-refractivity contribution in [1.82, 2.24) is 0 Å². The van der Waals surface area contributed by atoms with Crippen LogP contribution < -0.4 is 4.31 Å². The molecule has 0 saturated carbocycles. The van der Waals surface area contributed by atoms with E-state index in [2.05, 4.69) is 49.2 Å². The summed E-state index contributed by atoms with van der Waals surface area (Å²) in [7, 11) is 0. The number of thioether (sulfide) groups is 1. The molecular weight excluding hydrogens is 262 g/mol. The van der Waals surface area contributed by atoms with Crippen LogP contribution in [0.25, 0.3) is 0 Å². The highest BCUT2D eigenvalue weighted by atomic mass is 32.2. The highest BCUT2D eigenvalue weighted by Gasteiger charge is 2.39. The van der Waals surface area contributed by atoms with E-state index in [9.17, 15) is 5.11 Å².